The molecule has 0 radical (unpaired) electrons. The van der Waals surface area contributed by atoms with E-state index in [0.717, 1.165) is 6.42 Å². The minimum Gasteiger partial charge on any atom is -0.458 e. The smallest absolute Gasteiger partial charge is 0.345 e. The zero-order valence-electron chi connectivity index (χ0n) is 13.5. The second-order valence-electron chi connectivity index (χ2n) is 6.74. The van der Waals surface area contributed by atoms with E-state index in [4.69, 9.17) is 4.74 Å². The molecule has 122 valence electrons. The lowest BCUT2D eigenvalue weighted by Gasteiger charge is -2.28. The quantitative estimate of drug-likeness (QED) is 0.529. The van der Waals surface area contributed by atoms with Crippen LogP contribution in [0, 0.1) is 11.3 Å². The Morgan fingerprint density at radius 2 is 1.77 bits per heavy atom. The maximum atomic E-state index is 12.4. The molecule has 2 heterocycles. The summed E-state index contributed by atoms with van der Waals surface area (Å²) in [4.78, 5) is 13.1. The molecule has 0 spiro atoms. The number of ether oxygens (including phenoxy) is 1. The van der Waals surface area contributed by atoms with Gasteiger partial charge in [0.05, 0.1) is 8.47 Å². The van der Waals surface area contributed by atoms with Crippen LogP contribution in [0.3, 0.4) is 0 Å². The average molecular weight is 375 g/mol. The van der Waals surface area contributed by atoms with E-state index in [2.05, 4.69) is 45.4 Å². The fraction of sp³-hybridized carbons (Fsp3) is 0.562. The van der Waals surface area contributed by atoms with Gasteiger partial charge in [0.1, 0.15) is 11.0 Å². The van der Waals surface area contributed by atoms with Gasteiger partial charge in [-0.2, -0.15) is 0 Å². The van der Waals surface area contributed by atoms with Crippen LogP contribution < -0.4 is 0 Å². The normalized spacial score (nSPS) is 19.8. The van der Waals surface area contributed by atoms with E-state index in [9.17, 15) is 4.79 Å². The summed E-state index contributed by atoms with van der Waals surface area (Å²) >= 11 is 6.59. The molecule has 0 aromatic heterocycles. The molecule has 6 heteroatoms. The lowest BCUT2D eigenvalue weighted by molar-refractivity contribution is -0.147. The maximum absolute atomic E-state index is 12.4. The van der Waals surface area contributed by atoms with Gasteiger partial charge in [0.2, 0.25) is 0 Å². The van der Waals surface area contributed by atoms with Gasteiger partial charge in [-0.1, -0.05) is 81.7 Å². The summed E-state index contributed by atoms with van der Waals surface area (Å²) in [5.74, 6) is 0.141. The number of esters is 1. The predicted octanol–water partition coefficient (Wildman–Crippen LogP) is 6.39. The third-order valence-corrected chi connectivity index (χ3v) is 8.07. The van der Waals surface area contributed by atoms with Gasteiger partial charge < -0.3 is 4.74 Å². The van der Waals surface area contributed by atoms with Gasteiger partial charge in [0, 0.05) is 0 Å². The van der Waals surface area contributed by atoms with E-state index in [1.54, 1.807) is 35.3 Å². The van der Waals surface area contributed by atoms with Crippen LogP contribution in [0.15, 0.2) is 29.6 Å². The second kappa shape index (κ2) is 7.77. The van der Waals surface area contributed by atoms with Crippen LogP contribution in [-0.4, -0.2) is 12.1 Å². The lowest BCUT2D eigenvalue weighted by atomic mass is 9.85. The third-order valence-electron chi connectivity index (χ3n) is 3.06. The van der Waals surface area contributed by atoms with Gasteiger partial charge >= 0.3 is 5.97 Å². The first-order valence-corrected chi connectivity index (χ1v) is 10.7. The third kappa shape index (κ3) is 5.32. The predicted molar refractivity (Wildman–Crippen MR) is 103 cm³/mol. The molecule has 2 rings (SSSR count). The molecule has 0 saturated carbocycles. The van der Waals surface area contributed by atoms with Crippen molar-refractivity contribution < 1.29 is 9.53 Å². The summed E-state index contributed by atoms with van der Waals surface area (Å²) in [5.41, 5.74) is 0.150. The summed E-state index contributed by atoms with van der Waals surface area (Å²) in [5, 5.41) is 6.06. The molecule has 2 nitrogen and oxygen atoms in total. The van der Waals surface area contributed by atoms with Crippen molar-refractivity contribution in [3.63, 3.8) is 0 Å². The molecule has 2 aliphatic rings. The van der Waals surface area contributed by atoms with Gasteiger partial charge in [-0.05, 0) is 34.0 Å². The number of thioether (sulfide) groups is 4. The molecule has 22 heavy (non-hydrogen) atoms. The van der Waals surface area contributed by atoms with Crippen LogP contribution in [0.25, 0.3) is 0 Å². The Morgan fingerprint density at radius 1 is 1.14 bits per heavy atom. The van der Waals surface area contributed by atoms with Crippen molar-refractivity contribution in [3.05, 3.63) is 29.6 Å². The number of carbonyl (C=O) groups excluding carboxylic acids is 1. The number of hydrogen-bond acceptors (Lipinski definition) is 6. The van der Waals surface area contributed by atoms with Crippen molar-refractivity contribution in [1.29, 1.82) is 0 Å². The van der Waals surface area contributed by atoms with Crippen molar-refractivity contribution in [2.45, 2.75) is 47.1 Å². The molecular formula is C16H22O2S4. The van der Waals surface area contributed by atoms with E-state index < -0.39 is 0 Å². The first kappa shape index (κ1) is 18.4. The molecule has 2 aliphatic heterocycles. The molecule has 0 bridgehead atoms. The molecule has 0 saturated heterocycles. The summed E-state index contributed by atoms with van der Waals surface area (Å²) in [7, 11) is 0. The summed E-state index contributed by atoms with van der Waals surface area (Å²) in [6.07, 6.45) is 0.845. The van der Waals surface area contributed by atoms with Crippen LogP contribution in [0.2, 0.25) is 0 Å². The Kier molecular flexibility index (Phi) is 6.51. The topological polar surface area (TPSA) is 26.3 Å². The summed E-state index contributed by atoms with van der Waals surface area (Å²) in [6, 6.07) is 0. The zero-order valence-corrected chi connectivity index (χ0v) is 16.8. The van der Waals surface area contributed by atoms with E-state index in [-0.39, 0.29) is 17.5 Å². The molecule has 0 N–H and O–H groups in total. The van der Waals surface area contributed by atoms with E-state index >= 15 is 0 Å². The van der Waals surface area contributed by atoms with Crippen molar-refractivity contribution in [3.8, 4) is 0 Å². The van der Waals surface area contributed by atoms with Crippen LogP contribution in [0.1, 0.15) is 41.0 Å². The molecule has 0 aromatic rings. The van der Waals surface area contributed by atoms with Gasteiger partial charge in [0.15, 0.2) is 0 Å². The highest BCUT2D eigenvalue weighted by molar-refractivity contribution is 8.33. The second-order valence-corrected chi connectivity index (χ2v) is 11.0. The highest BCUT2D eigenvalue weighted by Crippen LogP contribution is 2.53. The van der Waals surface area contributed by atoms with Gasteiger partial charge in [0.25, 0.3) is 0 Å². The molecular weight excluding hydrogens is 352 g/mol. The minimum atomic E-state index is -0.183. The van der Waals surface area contributed by atoms with Crippen LogP contribution in [-0.2, 0) is 9.53 Å². The maximum Gasteiger partial charge on any atom is 0.345 e. The summed E-state index contributed by atoms with van der Waals surface area (Å²) < 4.78 is 8.23. The van der Waals surface area contributed by atoms with Crippen LogP contribution in [0.5, 0.6) is 0 Å². The SMILES string of the molecule is CC(C)C(CC(C)(C)C)OC(=O)C1=CSC(=C2SC=CS2)S1. The zero-order chi connectivity index (χ0) is 16.3. The Morgan fingerprint density at radius 3 is 2.32 bits per heavy atom. The van der Waals surface area contributed by atoms with Crippen LogP contribution >= 0.6 is 47.0 Å². The monoisotopic (exact) mass is 374 g/mol. The first-order valence-electron chi connectivity index (χ1n) is 7.24. The largest absolute Gasteiger partial charge is 0.458 e. The van der Waals surface area contributed by atoms with Crippen molar-refractivity contribution >= 4 is 53.0 Å². The fourth-order valence-corrected chi connectivity index (χ4v) is 6.27. The van der Waals surface area contributed by atoms with E-state index in [1.165, 1.54) is 20.2 Å². The minimum absolute atomic E-state index is 0.0346. The highest BCUT2D eigenvalue weighted by atomic mass is 32.2. The van der Waals surface area contributed by atoms with E-state index in [1.807, 2.05) is 5.41 Å². The Bertz CT molecular complexity index is 517. The lowest BCUT2D eigenvalue weighted by Crippen LogP contribution is -2.28. The Hall–Kier alpha value is 0.0900. The van der Waals surface area contributed by atoms with Gasteiger partial charge in [-0.3, -0.25) is 0 Å². The molecule has 0 aromatic carbocycles. The molecule has 1 atom stereocenters. The Labute approximate surface area is 150 Å². The number of hydrogen-bond donors (Lipinski definition) is 0. The van der Waals surface area contributed by atoms with Crippen molar-refractivity contribution in [1.82, 2.24) is 0 Å². The molecule has 0 amide bonds. The van der Waals surface area contributed by atoms with Gasteiger partial charge in [-0.15, -0.1) is 0 Å². The Balaban J connectivity index is 1.95. The van der Waals surface area contributed by atoms with Crippen molar-refractivity contribution in [2.75, 3.05) is 0 Å². The molecule has 0 aliphatic carbocycles. The standard InChI is InChI=1S/C16H22O2S4/c1-10(2)11(8-16(3,4)5)18-13(17)12-9-21-15(22-12)14-19-6-7-20-14/h6-7,9-11H,8H2,1-5H3. The van der Waals surface area contributed by atoms with Gasteiger partial charge in [-0.25, -0.2) is 4.79 Å². The number of rotatable bonds is 4. The average Bonchev–Trinajstić information content (AvgIpc) is 3.07. The molecule has 1 unspecified atom stereocenters. The van der Waals surface area contributed by atoms with E-state index in [0.29, 0.717) is 10.8 Å². The van der Waals surface area contributed by atoms with Crippen LogP contribution in [0.4, 0.5) is 0 Å². The van der Waals surface area contributed by atoms with Crippen molar-refractivity contribution in [2.24, 2.45) is 11.3 Å². The summed E-state index contributed by atoms with van der Waals surface area (Å²) in [6.45, 7) is 10.8. The number of carbonyl (C=O) groups is 1. The highest BCUT2D eigenvalue weighted by Gasteiger charge is 2.29. The fourth-order valence-electron chi connectivity index (χ4n) is 1.95. The first-order chi connectivity index (χ1) is 10.3. The molecule has 0 fully saturated rings.